The number of benzene rings is 1. The lowest BCUT2D eigenvalue weighted by Gasteiger charge is -2.32. The third-order valence-corrected chi connectivity index (χ3v) is 5.27. The summed E-state index contributed by atoms with van der Waals surface area (Å²) in [5.74, 6) is -0.259. The van der Waals surface area contributed by atoms with E-state index in [4.69, 9.17) is 14.6 Å². The predicted molar refractivity (Wildman–Crippen MR) is 125 cm³/mol. The number of carboxylic acid groups (broad SMARTS) is 1. The highest BCUT2D eigenvalue weighted by Crippen LogP contribution is 2.32. The fourth-order valence-corrected chi connectivity index (χ4v) is 3.62. The number of nitrogens with one attached hydrogen (secondary N) is 1. The van der Waals surface area contributed by atoms with Gasteiger partial charge in [-0.2, -0.15) is 0 Å². The molecule has 0 aliphatic carbocycles. The minimum absolute atomic E-state index is 0.0164. The second-order valence-corrected chi connectivity index (χ2v) is 9.45. The van der Waals surface area contributed by atoms with Crippen molar-refractivity contribution in [3.63, 3.8) is 0 Å². The minimum Gasteiger partial charge on any atom is -0.493 e. The second-order valence-electron chi connectivity index (χ2n) is 9.45. The highest BCUT2D eigenvalue weighted by Gasteiger charge is 2.27. The van der Waals surface area contributed by atoms with Gasteiger partial charge in [-0.05, 0) is 42.4 Å². The van der Waals surface area contributed by atoms with E-state index in [0.29, 0.717) is 45.6 Å². The molecule has 0 unspecified atom stereocenters. The van der Waals surface area contributed by atoms with Crippen molar-refractivity contribution in [1.29, 1.82) is 0 Å². The summed E-state index contributed by atoms with van der Waals surface area (Å²) in [5, 5.41) is 11.9. The Hall–Kier alpha value is -3.03. The Morgan fingerprint density at radius 3 is 2.52 bits per heavy atom. The Morgan fingerprint density at radius 2 is 1.91 bits per heavy atom. The first-order valence-corrected chi connectivity index (χ1v) is 11.3. The van der Waals surface area contributed by atoms with E-state index >= 15 is 0 Å². The molecule has 0 atom stereocenters. The first kappa shape index (κ1) is 26.2. The van der Waals surface area contributed by atoms with Crippen LogP contribution in [0.5, 0.6) is 5.75 Å². The van der Waals surface area contributed by atoms with Crippen LogP contribution in [0.15, 0.2) is 23.9 Å². The zero-order chi connectivity index (χ0) is 24.6. The zero-order valence-electron chi connectivity index (χ0n) is 20.3. The molecule has 8 nitrogen and oxygen atoms in total. The summed E-state index contributed by atoms with van der Waals surface area (Å²) in [6, 6.07) is 3.75. The molecule has 0 spiro atoms. The summed E-state index contributed by atoms with van der Waals surface area (Å²) in [6.07, 6.45) is 3.03. The van der Waals surface area contributed by atoms with Gasteiger partial charge in [-0.1, -0.05) is 32.9 Å². The number of hydrogen-bond donors (Lipinski definition) is 2. The number of carbonyl (C=O) groups is 3. The number of allylic oxidation sites excluding steroid dienone is 1. The van der Waals surface area contributed by atoms with Crippen LogP contribution in [0.25, 0.3) is 0 Å². The Bertz CT molecular complexity index is 901. The van der Waals surface area contributed by atoms with E-state index in [9.17, 15) is 14.4 Å². The van der Waals surface area contributed by atoms with Crippen LogP contribution < -0.4 is 10.1 Å². The fraction of sp³-hybridized carbons (Fsp3) is 0.560. The van der Waals surface area contributed by atoms with Crippen LogP contribution in [0, 0.1) is 5.41 Å². The van der Waals surface area contributed by atoms with Crippen molar-refractivity contribution in [3.05, 3.63) is 40.6 Å². The number of amides is 2. The van der Waals surface area contributed by atoms with Gasteiger partial charge in [-0.3, -0.25) is 9.59 Å². The number of aryl methyl sites for hydroxylation is 1. The van der Waals surface area contributed by atoms with Crippen molar-refractivity contribution in [3.8, 4) is 5.75 Å². The molecule has 0 radical (unpaired) electrons. The van der Waals surface area contributed by atoms with E-state index in [2.05, 4.69) is 5.32 Å². The van der Waals surface area contributed by atoms with Crippen molar-refractivity contribution in [2.24, 2.45) is 5.41 Å². The van der Waals surface area contributed by atoms with E-state index < -0.39 is 5.97 Å². The number of carboxylic acids is 1. The van der Waals surface area contributed by atoms with Gasteiger partial charge in [0.05, 0.1) is 13.2 Å². The average molecular weight is 461 g/mol. The molecule has 0 bridgehead atoms. The lowest BCUT2D eigenvalue weighted by molar-refractivity contribution is -0.137. The van der Waals surface area contributed by atoms with Gasteiger partial charge in [0.1, 0.15) is 5.75 Å². The normalized spacial score (nSPS) is 13.8. The number of aliphatic carboxylic acids is 1. The molecule has 182 valence electrons. The van der Waals surface area contributed by atoms with E-state index in [-0.39, 0.29) is 23.8 Å². The number of nitrogens with zero attached hydrogens (tertiary/aromatic N) is 1. The molecular formula is C25H36N2O6. The van der Waals surface area contributed by atoms with Crippen LogP contribution in [-0.2, 0) is 33.7 Å². The highest BCUT2D eigenvalue weighted by atomic mass is 16.6. The molecule has 2 amide bonds. The molecule has 0 saturated carbocycles. The number of fused-ring (bicyclic) bond motifs is 1. The number of ether oxygens (including phenoxy) is 2. The summed E-state index contributed by atoms with van der Waals surface area (Å²) in [6.45, 7) is 10.9. The van der Waals surface area contributed by atoms with Gasteiger partial charge in [0.2, 0.25) is 5.91 Å². The molecule has 1 aromatic carbocycles. The van der Waals surface area contributed by atoms with E-state index in [0.717, 1.165) is 28.1 Å². The monoisotopic (exact) mass is 460 g/mol. The number of carbonyl (C=O) groups excluding carboxylic acids is 2. The third-order valence-electron chi connectivity index (χ3n) is 5.27. The van der Waals surface area contributed by atoms with Crippen molar-refractivity contribution < 1.29 is 29.0 Å². The Morgan fingerprint density at radius 1 is 1.18 bits per heavy atom. The predicted octanol–water partition coefficient (Wildman–Crippen LogP) is 4.05. The van der Waals surface area contributed by atoms with Crippen molar-refractivity contribution in [2.45, 2.75) is 66.8 Å². The van der Waals surface area contributed by atoms with Gasteiger partial charge in [0.25, 0.3) is 0 Å². The smallest absolute Gasteiger partial charge is 0.410 e. The summed E-state index contributed by atoms with van der Waals surface area (Å²) >= 11 is 0. The molecule has 33 heavy (non-hydrogen) atoms. The summed E-state index contributed by atoms with van der Waals surface area (Å²) in [4.78, 5) is 36.7. The van der Waals surface area contributed by atoms with Crippen molar-refractivity contribution in [2.75, 3.05) is 19.8 Å². The van der Waals surface area contributed by atoms with Crippen LogP contribution in [0.3, 0.4) is 0 Å². The summed E-state index contributed by atoms with van der Waals surface area (Å²) in [5.41, 5.74) is 3.50. The molecule has 1 heterocycles. The minimum atomic E-state index is -0.863. The van der Waals surface area contributed by atoms with Crippen LogP contribution in [-0.4, -0.2) is 47.7 Å². The van der Waals surface area contributed by atoms with Crippen LogP contribution in [0.4, 0.5) is 4.79 Å². The molecule has 0 saturated heterocycles. The van der Waals surface area contributed by atoms with Crippen molar-refractivity contribution >= 4 is 18.0 Å². The third kappa shape index (κ3) is 8.44. The van der Waals surface area contributed by atoms with Crippen LogP contribution >= 0.6 is 0 Å². The van der Waals surface area contributed by atoms with E-state index in [1.165, 1.54) is 6.92 Å². The summed E-state index contributed by atoms with van der Waals surface area (Å²) in [7, 11) is 0. The van der Waals surface area contributed by atoms with Crippen LogP contribution in [0.2, 0.25) is 0 Å². The number of hydrogen-bond acceptors (Lipinski definition) is 5. The largest absolute Gasteiger partial charge is 0.493 e. The molecule has 2 N–H and O–H groups in total. The van der Waals surface area contributed by atoms with Crippen molar-refractivity contribution in [1.82, 2.24) is 10.2 Å². The lowest BCUT2D eigenvalue weighted by atomic mass is 9.92. The standard InChI is InChI=1S/C25H36N2O6/c1-6-19(26-17(2)28)12-14-32-22-9-7-18(8-10-23(29)30)21-15-27(13-11-20(21)22)24(31)33-16-25(3,4)5/h6-7,9H,8,10-16H2,1-5H3,(H,26,28)(H,29,30)/b19-6+. The second kappa shape index (κ2) is 11.7. The highest BCUT2D eigenvalue weighted by molar-refractivity contribution is 5.74. The molecule has 8 heteroatoms. The van der Waals surface area contributed by atoms with Gasteiger partial charge < -0.3 is 24.8 Å². The molecular weight excluding hydrogens is 424 g/mol. The molecule has 0 fully saturated rings. The van der Waals surface area contributed by atoms with Gasteiger partial charge in [-0.25, -0.2) is 4.79 Å². The first-order valence-electron chi connectivity index (χ1n) is 11.3. The quantitative estimate of drug-likeness (QED) is 0.576. The Kier molecular flexibility index (Phi) is 9.32. The van der Waals surface area contributed by atoms with Gasteiger partial charge in [0, 0.05) is 44.1 Å². The Balaban J connectivity index is 2.17. The van der Waals surface area contributed by atoms with Gasteiger partial charge in [-0.15, -0.1) is 0 Å². The Labute approximate surface area is 195 Å². The van der Waals surface area contributed by atoms with Gasteiger partial charge >= 0.3 is 12.1 Å². The first-order chi connectivity index (χ1) is 15.5. The lowest BCUT2D eigenvalue weighted by Crippen LogP contribution is -2.38. The molecule has 1 aliphatic rings. The SMILES string of the molecule is C/C=C(\CCOc1ccc(CCC(=O)O)c2c1CCN(C(=O)OCC(C)(C)C)C2)NC(C)=O. The van der Waals surface area contributed by atoms with E-state index in [1.807, 2.05) is 45.9 Å². The maximum Gasteiger partial charge on any atom is 0.410 e. The number of rotatable bonds is 9. The molecule has 1 aromatic rings. The van der Waals surface area contributed by atoms with E-state index in [1.54, 1.807) is 4.90 Å². The maximum absolute atomic E-state index is 12.6. The summed E-state index contributed by atoms with van der Waals surface area (Å²) < 4.78 is 11.5. The molecule has 1 aliphatic heterocycles. The molecule has 2 rings (SSSR count). The van der Waals surface area contributed by atoms with Gasteiger partial charge in [0.15, 0.2) is 0 Å². The maximum atomic E-state index is 12.6. The average Bonchev–Trinajstić information content (AvgIpc) is 2.74. The topological polar surface area (TPSA) is 105 Å². The molecule has 0 aromatic heterocycles. The fourth-order valence-electron chi connectivity index (χ4n) is 3.62. The van der Waals surface area contributed by atoms with Crippen LogP contribution in [0.1, 0.15) is 64.2 Å². The zero-order valence-corrected chi connectivity index (χ0v) is 20.3.